The highest BCUT2D eigenvalue weighted by atomic mass is 35.5. The van der Waals surface area contributed by atoms with Crippen molar-refractivity contribution in [2.45, 2.75) is 44.0 Å². The van der Waals surface area contributed by atoms with Crippen LogP contribution < -0.4 is 14.2 Å². The summed E-state index contributed by atoms with van der Waals surface area (Å²) in [5, 5.41) is 7.02. The van der Waals surface area contributed by atoms with Crippen molar-refractivity contribution < 1.29 is 22.7 Å². The number of fused-ring (bicyclic) bond motifs is 1. The minimum Gasteiger partial charge on any atom is -0.494 e. The van der Waals surface area contributed by atoms with E-state index in [2.05, 4.69) is 10.8 Å². The molecular weight excluding hydrogens is 634 g/mol. The van der Waals surface area contributed by atoms with E-state index in [9.17, 15) is 13.2 Å². The normalized spacial score (nSPS) is 18.4. The maximum absolute atomic E-state index is 14.3. The number of amides is 1. The summed E-state index contributed by atoms with van der Waals surface area (Å²) in [6, 6.07) is 27.8. The minimum absolute atomic E-state index is 0.0296. The number of nitrogens with one attached hydrogen (secondary N) is 1. The lowest BCUT2D eigenvalue weighted by Crippen LogP contribution is -2.32. The number of benzene rings is 4. The third-order valence-corrected chi connectivity index (χ3v) is 9.89. The maximum atomic E-state index is 14.3. The molecule has 47 heavy (non-hydrogen) atoms. The van der Waals surface area contributed by atoms with E-state index in [0.29, 0.717) is 23.9 Å². The Morgan fingerprint density at radius 2 is 1.60 bits per heavy atom. The van der Waals surface area contributed by atoms with Gasteiger partial charge in [-0.2, -0.15) is 5.10 Å². The molecule has 1 saturated carbocycles. The van der Waals surface area contributed by atoms with Gasteiger partial charge in [0.15, 0.2) is 0 Å². The Morgan fingerprint density at radius 1 is 0.936 bits per heavy atom. The molecule has 0 radical (unpaired) electrons. The van der Waals surface area contributed by atoms with Crippen LogP contribution in [0.15, 0.2) is 113 Å². The Kier molecular flexibility index (Phi) is 9.66. The van der Waals surface area contributed by atoms with Crippen LogP contribution in [0.5, 0.6) is 11.5 Å². The molecule has 0 spiro atoms. The van der Waals surface area contributed by atoms with E-state index in [1.165, 1.54) is 17.1 Å². The Hall–Kier alpha value is -4.60. The molecule has 10 heteroatoms. The first kappa shape index (κ1) is 32.3. The van der Waals surface area contributed by atoms with Gasteiger partial charge in [-0.3, -0.25) is 9.52 Å². The quantitative estimate of drug-likeness (QED) is 0.183. The number of hydrazone groups is 1. The summed E-state index contributed by atoms with van der Waals surface area (Å²) in [7, 11) is -3.98. The fourth-order valence-corrected chi connectivity index (χ4v) is 7.35. The number of anilines is 1. The molecule has 0 saturated heterocycles. The van der Waals surface area contributed by atoms with Crippen LogP contribution in [0.2, 0.25) is 5.02 Å². The van der Waals surface area contributed by atoms with Gasteiger partial charge in [0.25, 0.3) is 15.9 Å². The third kappa shape index (κ3) is 7.21. The van der Waals surface area contributed by atoms with E-state index >= 15 is 0 Å². The fraction of sp³-hybridized carbons (Fsp3) is 0.243. The lowest BCUT2D eigenvalue weighted by molar-refractivity contribution is 0.0680. The topological polar surface area (TPSA) is 97.3 Å². The monoisotopic (exact) mass is 669 g/mol. The van der Waals surface area contributed by atoms with Gasteiger partial charge >= 0.3 is 0 Å². The number of allylic oxidation sites excluding steroid dienone is 1. The smallest absolute Gasteiger partial charge is 0.274 e. The average molecular weight is 670 g/mol. The van der Waals surface area contributed by atoms with E-state index in [4.69, 9.17) is 26.2 Å². The van der Waals surface area contributed by atoms with Gasteiger partial charge in [-0.15, -0.1) is 0 Å². The van der Waals surface area contributed by atoms with Gasteiger partial charge in [0.2, 0.25) is 0 Å². The van der Waals surface area contributed by atoms with E-state index in [1.54, 1.807) is 36.4 Å². The van der Waals surface area contributed by atoms with Crippen LogP contribution in [0, 0.1) is 5.92 Å². The van der Waals surface area contributed by atoms with Crippen molar-refractivity contribution >= 4 is 45.0 Å². The average Bonchev–Trinajstić information content (AvgIpc) is 3.48. The number of ether oxygens (including phenoxy) is 2. The summed E-state index contributed by atoms with van der Waals surface area (Å²) in [5.41, 5.74) is 4.51. The molecule has 4 aromatic rings. The predicted octanol–water partition coefficient (Wildman–Crippen LogP) is 8.38. The van der Waals surface area contributed by atoms with Crippen LogP contribution in [-0.4, -0.2) is 38.3 Å². The first-order chi connectivity index (χ1) is 22.8. The number of sulfonamides is 1. The van der Waals surface area contributed by atoms with Crippen LogP contribution in [0.3, 0.4) is 0 Å². The molecule has 2 atom stereocenters. The minimum atomic E-state index is -3.98. The van der Waals surface area contributed by atoms with Crippen molar-refractivity contribution in [1.29, 1.82) is 0 Å². The molecular formula is C37H36ClN3O5S. The molecule has 0 aromatic heterocycles. The summed E-state index contributed by atoms with van der Waals surface area (Å²) >= 11 is 5.96. The molecule has 8 nitrogen and oxygen atoms in total. The van der Waals surface area contributed by atoms with Crippen LogP contribution in [0.1, 0.15) is 60.6 Å². The standard InChI is InChI=1S/C37H36ClN3O5S/c1-3-45-31-19-11-25(12-20-31)23-27-7-6-10-34-35(27)39-41(36(34)26-13-21-32(22-14-26)46-4-2)37(42)28-8-5-9-33(24-28)47(43,44)40-30-17-15-29(38)16-18-30/h5,8-9,11-24,34,36,40H,3-4,6-7,10H2,1-2H3/b27-23+/t34-,36-/m0/s1. The molecule has 6 rings (SSSR count). The molecule has 242 valence electrons. The number of carbonyl (C=O) groups excluding carboxylic acids is 1. The number of carbonyl (C=O) groups is 1. The molecule has 0 unspecified atom stereocenters. The molecule has 1 fully saturated rings. The van der Waals surface area contributed by atoms with Gasteiger partial charge in [0.1, 0.15) is 11.5 Å². The predicted molar refractivity (Wildman–Crippen MR) is 186 cm³/mol. The van der Waals surface area contributed by atoms with E-state index in [-0.39, 0.29) is 28.3 Å². The van der Waals surface area contributed by atoms with Crippen LogP contribution in [0.4, 0.5) is 5.69 Å². The summed E-state index contributed by atoms with van der Waals surface area (Å²) in [4.78, 5) is 14.3. The van der Waals surface area contributed by atoms with Crippen molar-refractivity contribution in [2.75, 3.05) is 17.9 Å². The second-order valence-corrected chi connectivity index (χ2v) is 13.5. The van der Waals surface area contributed by atoms with Crippen molar-refractivity contribution in [3.63, 3.8) is 0 Å². The molecule has 1 amide bonds. The number of rotatable bonds is 10. The second kappa shape index (κ2) is 14.0. The molecule has 2 aliphatic rings. The highest BCUT2D eigenvalue weighted by Gasteiger charge is 2.44. The number of hydrogen-bond donors (Lipinski definition) is 1. The van der Waals surface area contributed by atoms with Crippen molar-refractivity contribution in [1.82, 2.24) is 5.01 Å². The zero-order chi connectivity index (χ0) is 33.0. The van der Waals surface area contributed by atoms with Crippen LogP contribution >= 0.6 is 11.6 Å². The van der Waals surface area contributed by atoms with Crippen molar-refractivity contribution in [3.8, 4) is 11.5 Å². The zero-order valence-electron chi connectivity index (χ0n) is 26.2. The summed E-state index contributed by atoms with van der Waals surface area (Å²) < 4.78 is 40.5. The van der Waals surface area contributed by atoms with Gasteiger partial charge in [-0.25, -0.2) is 13.4 Å². The molecule has 1 heterocycles. The fourth-order valence-electron chi connectivity index (χ4n) is 6.12. The highest BCUT2D eigenvalue weighted by Crippen LogP contribution is 2.45. The lowest BCUT2D eigenvalue weighted by Gasteiger charge is -2.30. The molecule has 1 aliphatic carbocycles. The van der Waals surface area contributed by atoms with E-state index < -0.39 is 10.0 Å². The maximum Gasteiger partial charge on any atom is 0.274 e. The number of nitrogens with zero attached hydrogens (tertiary/aromatic N) is 2. The van der Waals surface area contributed by atoms with Gasteiger partial charge in [-0.1, -0.05) is 41.9 Å². The van der Waals surface area contributed by atoms with Crippen molar-refractivity contribution in [2.24, 2.45) is 11.0 Å². The SMILES string of the molecule is CCOc1ccc(/C=C2\CCC[C@H]3C2=NN(C(=O)c2cccc(S(=O)(=O)Nc4ccc(Cl)cc4)c2)[C@H]3c2ccc(OCC)cc2)cc1. The molecule has 1 aliphatic heterocycles. The largest absolute Gasteiger partial charge is 0.494 e. The van der Waals surface area contributed by atoms with Gasteiger partial charge in [-0.05, 0) is 123 Å². The molecule has 0 bridgehead atoms. The van der Waals surface area contributed by atoms with Gasteiger partial charge in [0.05, 0.1) is 29.9 Å². The summed E-state index contributed by atoms with van der Waals surface area (Å²) in [6.07, 6.45) is 4.79. The second-order valence-electron chi connectivity index (χ2n) is 11.4. The van der Waals surface area contributed by atoms with Crippen molar-refractivity contribution in [3.05, 3.63) is 124 Å². The Labute approximate surface area is 280 Å². The molecule has 1 N–H and O–H groups in total. The van der Waals surface area contributed by atoms with Gasteiger partial charge < -0.3 is 9.47 Å². The molecule has 4 aromatic carbocycles. The number of hydrogen-bond acceptors (Lipinski definition) is 6. The Morgan fingerprint density at radius 3 is 2.26 bits per heavy atom. The van der Waals surface area contributed by atoms with Gasteiger partial charge in [0, 0.05) is 22.2 Å². The van der Waals surface area contributed by atoms with Crippen LogP contribution in [0.25, 0.3) is 6.08 Å². The van der Waals surface area contributed by atoms with Crippen LogP contribution in [-0.2, 0) is 10.0 Å². The summed E-state index contributed by atoms with van der Waals surface area (Å²) in [6.45, 7) is 5.04. The lowest BCUT2D eigenvalue weighted by atomic mass is 9.77. The highest BCUT2D eigenvalue weighted by molar-refractivity contribution is 7.92. The first-order valence-electron chi connectivity index (χ1n) is 15.7. The summed E-state index contributed by atoms with van der Waals surface area (Å²) in [5.74, 6) is 1.15. The number of halogens is 1. The third-order valence-electron chi connectivity index (χ3n) is 8.26. The Balaban J connectivity index is 1.35. The Bertz CT molecular complexity index is 1910. The van der Waals surface area contributed by atoms with E-state index in [1.807, 2.05) is 62.4 Å². The zero-order valence-corrected chi connectivity index (χ0v) is 27.8. The first-order valence-corrected chi connectivity index (χ1v) is 17.6. The van der Waals surface area contributed by atoms with E-state index in [0.717, 1.165) is 53.2 Å².